The Labute approximate surface area is 209 Å². The third-order valence-electron chi connectivity index (χ3n) is 6.22. The van der Waals surface area contributed by atoms with Gasteiger partial charge in [-0.15, -0.1) is 15.3 Å². The van der Waals surface area contributed by atoms with E-state index in [-0.39, 0.29) is 29.5 Å². The lowest BCUT2D eigenvalue weighted by molar-refractivity contribution is 0.171. The second-order valence-electron chi connectivity index (χ2n) is 10.4. The lowest BCUT2D eigenvalue weighted by Gasteiger charge is -2.32. The van der Waals surface area contributed by atoms with E-state index in [0.717, 1.165) is 41.2 Å². The summed E-state index contributed by atoms with van der Waals surface area (Å²) in [5.41, 5.74) is 2.57. The van der Waals surface area contributed by atoms with Crippen LogP contribution in [0.2, 0.25) is 0 Å². The van der Waals surface area contributed by atoms with Gasteiger partial charge in [0.1, 0.15) is 17.7 Å². The van der Waals surface area contributed by atoms with Gasteiger partial charge in [0.05, 0.1) is 12.2 Å². The topological polar surface area (TPSA) is 119 Å². The molecule has 0 saturated carbocycles. The van der Waals surface area contributed by atoms with Crippen LogP contribution in [0.15, 0.2) is 47.0 Å². The fourth-order valence-corrected chi connectivity index (χ4v) is 4.41. The number of carbonyl (C=O) groups excluding carboxylic acids is 1. The van der Waals surface area contributed by atoms with Crippen LogP contribution >= 0.6 is 0 Å². The predicted molar refractivity (Wildman–Crippen MR) is 134 cm³/mol. The van der Waals surface area contributed by atoms with E-state index in [1.54, 1.807) is 0 Å². The Morgan fingerprint density at radius 1 is 1.06 bits per heavy atom. The molecule has 0 spiro atoms. The van der Waals surface area contributed by atoms with Gasteiger partial charge in [-0.25, -0.2) is 4.79 Å². The van der Waals surface area contributed by atoms with E-state index in [9.17, 15) is 4.79 Å². The molecule has 0 unspecified atom stereocenters. The van der Waals surface area contributed by atoms with Crippen LogP contribution in [-0.2, 0) is 5.41 Å². The van der Waals surface area contributed by atoms with E-state index in [0.29, 0.717) is 5.89 Å². The van der Waals surface area contributed by atoms with Gasteiger partial charge < -0.3 is 14.5 Å². The van der Waals surface area contributed by atoms with Crippen molar-refractivity contribution in [3.05, 3.63) is 65.4 Å². The molecule has 188 valence electrons. The van der Waals surface area contributed by atoms with Gasteiger partial charge in [-0.05, 0) is 36.1 Å². The Balaban J connectivity index is 1.30. The van der Waals surface area contributed by atoms with Crippen molar-refractivity contribution >= 4 is 17.7 Å². The maximum absolute atomic E-state index is 12.7. The summed E-state index contributed by atoms with van der Waals surface area (Å²) in [5.74, 6) is 2.35. The molecule has 3 heterocycles. The van der Waals surface area contributed by atoms with Gasteiger partial charge in [0, 0.05) is 11.3 Å². The van der Waals surface area contributed by atoms with Crippen molar-refractivity contribution in [3.8, 4) is 5.75 Å². The first kappa shape index (κ1) is 23.8. The van der Waals surface area contributed by atoms with Crippen LogP contribution in [0.1, 0.15) is 88.4 Å². The smallest absolute Gasteiger partial charge is 0.323 e. The molecular formula is C26H31N7O3. The average Bonchev–Trinajstić information content (AvgIpc) is 3.47. The number of fused-ring (bicyclic) bond motifs is 2. The standard InChI is InChI=1S/C26H31N7O3/c1-15(2)22-30-29-21-13-10-16(14-33(21)22)35-20-12-11-19(17-8-6-7-9-18(17)20)27-24(34)28-25-32-31-23(36-25)26(3,4)5/h6-10,13-15,19-20H,11-12H2,1-5H3,(H2,27,28,32,34)/t19-,20-/m0/s1. The highest BCUT2D eigenvalue weighted by molar-refractivity contribution is 5.87. The highest BCUT2D eigenvalue weighted by Crippen LogP contribution is 2.39. The third-order valence-corrected chi connectivity index (χ3v) is 6.22. The van der Waals surface area contributed by atoms with Gasteiger partial charge in [-0.1, -0.05) is 64.0 Å². The molecule has 10 nitrogen and oxygen atoms in total. The van der Waals surface area contributed by atoms with Crippen molar-refractivity contribution in [3.63, 3.8) is 0 Å². The zero-order valence-electron chi connectivity index (χ0n) is 21.1. The minimum Gasteiger partial charge on any atom is -0.484 e. The maximum Gasteiger partial charge on any atom is 0.323 e. The lowest BCUT2D eigenvalue weighted by Crippen LogP contribution is -2.35. The number of urea groups is 1. The number of hydrogen-bond donors (Lipinski definition) is 2. The summed E-state index contributed by atoms with van der Waals surface area (Å²) >= 11 is 0. The maximum atomic E-state index is 12.7. The van der Waals surface area contributed by atoms with Crippen molar-refractivity contribution in [1.29, 1.82) is 0 Å². The van der Waals surface area contributed by atoms with Gasteiger partial charge in [0.2, 0.25) is 5.89 Å². The van der Waals surface area contributed by atoms with E-state index >= 15 is 0 Å². The van der Waals surface area contributed by atoms with Crippen LogP contribution in [0.3, 0.4) is 0 Å². The second kappa shape index (κ2) is 9.25. The summed E-state index contributed by atoms with van der Waals surface area (Å²) in [6.45, 7) is 10.1. The molecule has 0 saturated heterocycles. The molecule has 0 fully saturated rings. The minimum absolute atomic E-state index is 0.0767. The number of nitrogens with zero attached hydrogens (tertiary/aromatic N) is 5. The van der Waals surface area contributed by atoms with Crippen molar-refractivity contribution in [2.75, 3.05) is 5.32 Å². The molecule has 2 atom stereocenters. The Morgan fingerprint density at radius 2 is 1.83 bits per heavy atom. The van der Waals surface area contributed by atoms with Crippen molar-refractivity contribution < 1.29 is 13.9 Å². The molecule has 2 amide bonds. The number of benzene rings is 1. The highest BCUT2D eigenvalue weighted by atomic mass is 16.5. The lowest BCUT2D eigenvalue weighted by atomic mass is 9.85. The molecule has 36 heavy (non-hydrogen) atoms. The van der Waals surface area contributed by atoms with Crippen LogP contribution in [-0.4, -0.2) is 30.8 Å². The molecule has 2 N–H and O–H groups in total. The molecule has 1 aliphatic rings. The number of carbonyl (C=O) groups is 1. The molecule has 1 aliphatic carbocycles. The molecule has 0 bridgehead atoms. The molecule has 0 radical (unpaired) electrons. The van der Waals surface area contributed by atoms with E-state index in [2.05, 4.69) is 50.9 Å². The number of pyridine rings is 1. The van der Waals surface area contributed by atoms with E-state index in [4.69, 9.17) is 9.15 Å². The Kier molecular flexibility index (Phi) is 6.11. The predicted octanol–water partition coefficient (Wildman–Crippen LogP) is 5.31. The van der Waals surface area contributed by atoms with Crippen LogP contribution in [0.25, 0.3) is 5.65 Å². The zero-order chi connectivity index (χ0) is 25.4. The Hall–Kier alpha value is -3.95. The third kappa shape index (κ3) is 4.75. The number of hydrogen-bond acceptors (Lipinski definition) is 7. The van der Waals surface area contributed by atoms with Gasteiger partial charge in [0.15, 0.2) is 5.65 Å². The monoisotopic (exact) mass is 489 g/mol. The number of aromatic nitrogens is 5. The summed E-state index contributed by atoms with van der Waals surface area (Å²) in [7, 11) is 0. The Bertz CT molecular complexity index is 1390. The second-order valence-corrected chi connectivity index (χ2v) is 10.4. The highest BCUT2D eigenvalue weighted by Gasteiger charge is 2.30. The van der Waals surface area contributed by atoms with Crippen LogP contribution in [0, 0.1) is 0 Å². The van der Waals surface area contributed by atoms with Gasteiger partial charge in [-0.3, -0.25) is 9.72 Å². The van der Waals surface area contributed by atoms with E-state index in [1.165, 1.54) is 0 Å². The summed E-state index contributed by atoms with van der Waals surface area (Å²) in [5, 5.41) is 22.2. The quantitative estimate of drug-likeness (QED) is 0.390. The zero-order valence-corrected chi connectivity index (χ0v) is 21.1. The SMILES string of the molecule is CC(C)c1nnc2ccc(O[C@H]3CC[C@H](NC(=O)Nc4nnc(C(C)(C)C)o4)c4ccccc43)cn12. The van der Waals surface area contributed by atoms with Gasteiger partial charge in [-0.2, -0.15) is 0 Å². The fraction of sp³-hybridized carbons (Fsp3) is 0.423. The first-order valence-electron chi connectivity index (χ1n) is 12.2. The molecule has 3 aromatic heterocycles. The van der Waals surface area contributed by atoms with E-state index < -0.39 is 6.03 Å². The summed E-state index contributed by atoms with van der Waals surface area (Å²) in [6, 6.07) is 11.4. The normalized spacial score (nSPS) is 17.7. The Morgan fingerprint density at radius 3 is 2.56 bits per heavy atom. The largest absolute Gasteiger partial charge is 0.484 e. The van der Waals surface area contributed by atoms with Gasteiger partial charge in [0.25, 0.3) is 0 Å². The molecular weight excluding hydrogens is 458 g/mol. The van der Waals surface area contributed by atoms with E-state index in [1.807, 2.05) is 61.7 Å². The first-order chi connectivity index (χ1) is 17.2. The molecule has 0 aliphatic heterocycles. The first-order valence-corrected chi connectivity index (χ1v) is 12.2. The fourth-order valence-electron chi connectivity index (χ4n) is 4.41. The number of amides is 2. The summed E-state index contributed by atoms with van der Waals surface area (Å²) < 4.78 is 14.0. The molecule has 5 rings (SSSR count). The van der Waals surface area contributed by atoms with Gasteiger partial charge >= 0.3 is 12.0 Å². The van der Waals surface area contributed by atoms with Crippen LogP contribution in [0.5, 0.6) is 5.75 Å². The number of rotatable bonds is 5. The summed E-state index contributed by atoms with van der Waals surface area (Å²) in [4.78, 5) is 12.7. The molecule has 1 aromatic carbocycles. The van der Waals surface area contributed by atoms with Crippen molar-refractivity contribution in [1.82, 2.24) is 30.1 Å². The van der Waals surface area contributed by atoms with Crippen LogP contribution < -0.4 is 15.4 Å². The molecule has 4 aromatic rings. The van der Waals surface area contributed by atoms with Crippen molar-refractivity contribution in [2.45, 2.75) is 70.9 Å². The minimum atomic E-state index is -0.391. The molecule has 10 heteroatoms. The van der Waals surface area contributed by atoms with Crippen molar-refractivity contribution in [2.24, 2.45) is 0 Å². The van der Waals surface area contributed by atoms with Crippen LogP contribution in [0.4, 0.5) is 10.8 Å². The number of nitrogens with one attached hydrogen (secondary N) is 2. The average molecular weight is 490 g/mol. The number of anilines is 1. The summed E-state index contributed by atoms with van der Waals surface area (Å²) in [6.07, 6.45) is 3.28. The number of ether oxygens (including phenoxy) is 1.